The zero-order valence-electron chi connectivity index (χ0n) is 15.8. The maximum absolute atomic E-state index is 12.4. The van der Waals surface area contributed by atoms with Gasteiger partial charge in [0.1, 0.15) is 5.75 Å². The SMILES string of the molecule is COc1ccc(S(=O)(=O)NC2CC2)cc1NC(=O)CCS(=O)(=O)C1CCCC1. The highest BCUT2D eigenvalue weighted by Crippen LogP contribution is 2.30. The Hall–Kier alpha value is -1.65. The number of benzene rings is 1. The summed E-state index contributed by atoms with van der Waals surface area (Å²) in [7, 11) is -5.57. The van der Waals surface area contributed by atoms with E-state index in [1.54, 1.807) is 0 Å². The van der Waals surface area contributed by atoms with E-state index in [4.69, 9.17) is 4.74 Å². The number of hydrogen-bond donors (Lipinski definition) is 2. The van der Waals surface area contributed by atoms with E-state index in [0.717, 1.165) is 25.7 Å². The molecule has 0 atom stereocenters. The Balaban J connectivity index is 1.67. The molecule has 2 N–H and O–H groups in total. The van der Waals surface area contributed by atoms with Crippen LogP contribution in [0.15, 0.2) is 23.1 Å². The maximum atomic E-state index is 12.4. The lowest BCUT2D eigenvalue weighted by molar-refractivity contribution is -0.115. The van der Waals surface area contributed by atoms with Crippen molar-refractivity contribution < 1.29 is 26.4 Å². The lowest BCUT2D eigenvalue weighted by Gasteiger charge is -2.14. The Labute approximate surface area is 166 Å². The molecule has 156 valence electrons. The number of nitrogens with one attached hydrogen (secondary N) is 2. The third kappa shape index (κ3) is 5.24. The van der Waals surface area contributed by atoms with Gasteiger partial charge in [0.25, 0.3) is 0 Å². The molecule has 0 aromatic heterocycles. The van der Waals surface area contributed by atoms with Crippen LogP contribution in [0, 0.1) is 0 Å². The van der Waals surface area contributed by atoms with Crippen LogP contribution in [0.4, 0.5) is 5.69 Å². The minimum absolute atomic E-state index is 0.0223. The molecule has 1 amide bonds. The molecule has 2 fully saturated rings. The minimum Gasteiger partial charge on any atom is -0.495 e. The number of rotatable bonds is 9. The normalized spacial score (nSPS) is 18.2. The molecule has 2 saturated carbocycles. The monoisotopic (exact) mass is 430 g/mol. The average molecular weight is 431 g/mol. The second kappa shape index (κ2) is 8.38. The van der Waals surface area contributed by atoms with Crippen LogP contribution in [-0.2, 0) is 24.7 Å². The first-order valence-electron chi connectivity index (χ1n) is 9.43. The van der Waals surface area contributed by atoms with Gasteiger partial charge in [0.05, 0.1) is 28.7 Å². The topological polar surface area (TPSA) is 119 Å². The van der Waals surface area contributed by atoms with Gasteiger partial charge in [0.15, 0.2) is 9.84 Å². The van der Waals surface area contributed by atoms with Gasteiger partial charge in [-0.3, -0.25) is 4.79 Å². The number of methoxy groups -OCH3 is 1. The molecule has 8 nitrogen and oxygen atoms in total. The molecule has 0 unspecified atom stereocenters. The minimum atomic E-state index is -3.68. The van der Waals surface area contributed by atoms with E-state index in [9.17, 15) is 21.6 Å². The van der Waals surface area contributed by atoms with E-state index in [1.165, 1.54) is 25.3 Å². The first kappa shape index (κ1) is 21.1. The van der Waals surface area contributed by atoms with Crippen LogP contribution >= 0.6 is 0 Å². The quantitative estimate of drug-likeness (QED) is 0.617. The third-order valence-electron chi connectivity index (χ3n) is 5.08. The number of amides is 1. The summed E-state index contributed by atoms with van der Waals surface area (Å²) in [6.45, 7) is 0. The Morgan fingerprint density at radius 3 is 2.39 bits per heavy atom. The highest BCUT2D eigenvalue weighted by molar-refractivity contribution is 7.92. The van der Waals surface area contributed by atoms with Crippen LogP contribution in [0.3, 0.4) is 0 Å². The molecular formula is C18H26N2O6S2. The lowest BCUT2D eigenvalue weighted by Crippen LogP contribution is -2.26. The van der Waals surface area contributed by atoms with Crippen molar-refractivity contribution in [3.8, 4) is 5.75 Å². The first-order chi connectivity index (χ1) is 13.2. The molecule has 2 aliphatic carbocycles. The average Bonchev–Trinajstić information content (AvgIpc) is 3.25. The fourth-order valence-corrected chi connectivity index (χ4v) is 6.49. The van der Waals surface area contributed by atoms with Crippen molar-refractivity contribution in [2.75, 3.05) is 18.2 Å². The van der Waals surface area contributed by atoms with Crippen molar-refractivity contribution in [2.24, 2.45) is 0 Å². The van der Waals surface area contributed by atoms with Gasteiger partial charge in [-0.05, 0) is 43.9 Å². The van der Waals surface area contributed by atoms with E-state index in [0.29, 0.717) is 18.6 Å². The van der Waals surface area contributed by atoms with Gasteiger partial charge in [-0.2, -0.15) is 0 Å². The molecule has 0 bridgehead atoms. The van der Waals surface area contributed by atoms with Crippen LogP contribution in [0.2, 0.25) is 0 Å². The molecule has 0 saturated heterocycles. The van der Waals surface area contributed by atoms with E-state index in [2.05, 4.69) is 10.0 Å². The van der Waals surface area contributed by atoms with Gasteiger partial charge in [0, 0.05) is 12.5 Å². The van der Waals surface area contributed by atoms with Gasteiger partial charge in [-0.15, -0.1) is 0 Å². The van der Waals surface area contributed by atoms with Crippen LogP contribution in [0.25, 0.3) is 0 Å². The van der Waals surface area contributed by atoms with E-state index in [1.807, 2.05) is 0 Å². The van der Waals surface area contributed by atoms with Gasteiger partial charge in [0.2, 0.25) is 15.9 Å². The summed E-state index contributed by atoms with van der Waals surface area (Å²) in [6, 6.07) is 4.16. The molecule has 0 aliphatic heterocycles. The molecule has 10 heteroatoms. The van der Waals surface area contributed by atoms with Gasteiger partial charge in [-0.25, -0.2) is 21.6 Å². The van der Waals surface area contributed by atoms with Gasteiger partial charge in [-0.1, -0.05) is 12.8 Å². The van der Waals surface area contributed by atoms with Gasteiger partial charge < -0.3 is 10.1 Å². The van der Waals surface area contributed by atoms with Crippen LogP contribution < -0.4 is 14.8 Å². The summed E-state index contributed by atoms with van der Waals surface area (Å²) in [5.74, 6) is -0.408. The smallest absolute Gasteiger partial charge is 0.240 e. The summed E-state index contributed by atoms with van der Waals surface area (Å²) < 4.78 is 57.2. The maximum Gasteiger partial charge on any atom is 0.240 e. The van der Waals surface area contributed by atoms with Crippen molar-refractivity contribution in [1.82, 2.24) is 4.72 Å². The third-order valence-corrected chi connectivity index (χ3v) is 8.86. The largest absolute Gasteiger partial charge is 0.495 e. The Bertz CT molecular complexity index is 933. The van der Waals surface area contributed by atoms with Crippen LogP contribution in [0.1, 0.15) is 44.9 Å². The Morgan fingerprint density at radius 2 is 1.79 bits per heavy atom. The summed E-state index contributed by atoms with van der Waals surface area (Å²) in [6.07, 6.45) is 4.58. The van der Waals surface area contributed by atoms with Crippen molar-refractivity contribution in [3.63, 3.8) is 0 Å². The molecule has 2 aliphatic rings. The number of sulfone groups is 1. The van der Waals surface area contributed by atoms with E-state index < -0.39 is 25.8 Å². The standard InChI is InChI=1S/C18H26N2O6S2/c1-26-17-9-8-15(28(24,25)20-13-6-7-13)12-16(17)19-18(21)10-11-27(22,23)14-4-2-3-5-14/h8-9,12-14,20H,2-7,10-11H2,1H3,(H,19,21). The fourth-order valence-electron chi connectivity index (χ4n) is 3.30. The summed E-state index contributed by atoms with van der Waals surface area (Å²) in [5, 5.41) is 2.24. The first-order valence-corrected chi connectivity index (χ1v) is 12.6. The second-order valence-corrected chi connectivity index (χ2v) is 11.4. The molecular weight excluding hydrogens is 404 g/mol. The van der Waals surface area contributed by atoms with Crippen LogP contribution in [-0.4, -0.2) is 46.9 Å². The number of anilines is 1. The number of carbonyl (C=O) groups excluding carboxylic acids is 1. The zero-order chi connectivity index (χ0) is 20.4. The van der Waals surface area contributed by atoms with E-state index >= 15 is 0 Å². The fraction of sp³-hybridized carbons (Fsp3) is 0.611. The number of sulfonamides is 1. The van der Waals surface area contributed by atoms with Gasteiger partial charge >= 0.3 is 0 Å². The summed E-state index contributed by atoms with van der Waals surface area (Å²) in [4.78, 5) is 12.3. The summed E-state index contributed by atoms with van der Waals surface area (Å²) >= 11 is 0. The molecule has 1 aromatic carbocycles. The molecule has 3 rings (SSSR count). The Morgan fingerprint density at radius 1 is 1.11 bits per heavy atom. The Kier molecular flexibility index (Phi) is 6.31. The van der Waals surface area contributed by atoms with Crippen LogP contribution in [0.5, 0.6) is 5.75 Å². The van der Waals surface area contributed by atoms with Crippen molar-refractivity contribution >= 4 is 31.5 Å². The number of carbonyl (C=O) groups is 1. The van der Waals surface area contributed by atoms with Crippen molar-refractivity contribution in [3.05, 3.63) is 18.2 Å². The number of ether oxygens (including phenoxy) is 1. The highest BCUT2D eigenvalue weighted by Gasteiger charge is 2.30. The molecule has 0 spiro atoms. The molecule has 28 heavy (non-hydrogen) atoms. The molecule has 0 heterocycles. The van der Waals surface area contributed by atoms with E-state index in [-0.39, 0.29) is 34.0 Å². The molecule has 1 aromatic rings. The summed E-state index contributed by atoms with van der Waals surface area (Å²) in [5.41, 5.74) is 0.199. The predicted molar refractivity (Wildman–Crippen MR) is 106 cm³/mol. The second-order valence-electron chi connectivity index (χ2n) is 7.33. The van der Waals surface area contributed by atoms with Crippen molar-refractivity contribution in [1.29, 1.82) is 0 Å². The lowest BCUT2D eigenvalue weighted by atomic mass is 10.3. The predicted octanol–water partition coefficient (Wildman–Crippen LogP) is 1.82. The molecule has 0 radical (unpaired) electrons. The highest BCUT2D eigenvalue weighted by atomic mass is 32.2. The zero-order valence-corrected chi connectivity index (χ0v) is 17.4. The number of hydrogen-bond acceptors (Lipinski definition) is 6. The van der Waals surface area contributed by atoms with Crippen molar-refractivity contribution in [2.45, 2.75) is 61.1 Å².